The number of para-hydroxylation sites is 1. The van der Waals surface area contributed by atoms with Crippen molar-refractivity contribution >= 4 is 43.5 Å². The number of hydrogen-bond acceptors (Lipinski definition) is 4. The quantitative estimate of drug-likeness (QED) is 0.172. The van der Waals surface area contributed by atoms with Crippen LogP contribution in [0.3, 0.4) is 0 Å². The van der Waals surface area contributed by atoms with Crippen LogP contribution < -0.4 is 0 Å². The molecule has 1 aliphatic rings. The predicted molar refractivity (Wildman–Crippen MR) is 221 cm³/mol. The Hall–Kier alpha value is -6.98. The second-order valence-corrected chi connectivity index (χ2v) is 14.7. The molecule has 11 rings (SSSR count). The average Bonchev–Trinajstić information content (AvgIpc) is 3.69. The summed E-state index contributed by atoms with van der Waals surface area (Å²) in [6.07, 6.45) is 1.88. The number of fused-ring (bicyclic) bond motifs is 9. The van der Waals surface area contributed by atoms with Gasteiger partial charge in [-0.05, 0) is 80.2 Å². The van der Waals surface area contributed by atoms with Crippen LogP contribution in [0, 0.1) is 0 Å². The van der Waals surface area contributed by atoms with E-state index in [2.05, 4.69) is 152 Å². The number of rotatable bonds is 4. The Bertz CT molecular complexity index is 3090. The summed E-state index contributed by atoms with van der Waals surface area (Å²) in [5.41, 5.74) is 10.7. The minimum Gasteiger partial charge on any atom is -0.294 e. The van der Waals surface area contributed by atoms with Gasteiger partial charge in [-0.25, -0.2) is 19.9 Å². The molecule has 7 aromatic carbocycles. The molecule has 3 aromatic heterocycles. The highest BCUT2D eigenvalue weighted by Gasteiger charge is 2.39. The van der Waals surface area contributed by atoms with Gasteiger partial charge in [0.15, 0.2) is 17.5 Å². The Morgan fingerprint density at radius 2 is 1.13 bits per heavy atom. The van der Waals surface area contributed by atoms with Gasteiger partial charge in [0, 0.05) is 44.8 Å². The zero-order valence-corrected chi connectivity index (χ0v) is 29.8. The normalized spacial score (nSPS) is 13.1. The summed E-state index contributed by atoms with van der Waals surface area (Å²) >= 11 is 0. The summed E-state index contributed by atoms with van der Waals surface area (Å²) in [6.45, 7) is 4.65. The van der Waals surface area contributed by atoms with Crippen LogP contribution in [-0.2, 0) is 5.41 Å². The molecule has 0 amide bonds. The Morgan fingerprint density at radius 3 is 1.98 bits per heavy atom. The van der Waals surface area contributed by atoms with Crippen LogP contribution in [-0.4, -0.2) is 24.5 Å². The molecule has 3 heterocycles. The van der Waals surface area contributed by atoms with Crippen molar-refractivity contribution in [2.45, 2.75) is 19.3 Å². The lowest BCUT2D eigenvalue weighted by Crippen LogP contribution is -2.17. The zero-order chi connectivity index (χ0) is 36.0. The van der Waals surface area contributed by atoms with Gasteiger partial charge in [-0.3, -0.25) is 4.57 Å². The van der Waals surface area contributed by atoms with Gasteiger partial charge in [0.25, 0.3) is 0 Å². The van der Waals surface area contributed by atoms with E-state index in [1.54, 1.807) is 0 Å². The van der Waals surface area contributed by atoms with Crippen LogP contribution in [0.4, 0.5) is 0 Å². The van der Waals surface area contributed by atoms with Gasteiger partial charge in [0.05, 0.1) is 5.52 Å². The van der Waals surface area contributed by atoms with Crippen molar-refractivity contribution in [2.24, 2.45) is 0 Å². The van der Waals surface area contributed by atoms with Gasteiger partial charge in [-0.2, -0.15) is 0 Å². The van der Waals surface area contributed by atoms with Gasteiger partial charge < -0.3 is 0 Å². The fourth-order valence-electron chi connectivity index (χ4n) is 8.82. The highest BCUT2D eigenvalue weighted by atomic mass is 15.0. The molecule has 10 aromatic rings. The highest BCUT2D eigenvalue weighted by molar-refractivity contribution is 6.13. The van der Waals surface area contributed by atoms with E-state index in [0.717, 1.165) is 49.7 Å². The van der Waals surface area contributed by atoms with Crippen molar-refractivity contribution in [1.82, 2.24) is 24.5 Å². The molecule has 0 atom stereocenters. The topological polar surface area (TPSA) is 56.5 Å². The molecular weight excluding hydrogens is 659 g/mol. The fraction of sp³-hybridized carbons (Fsp3) is 0.0612. The summed E-state index contributed by atoms with van der Waals surface area (Å²) in [4.78, 5) is 20.6. The average molecular weight is 692 g/mol. The third kappa shape index (κ3) is 4.45. The minimum atomic E-state index is -0.348. The first kappa shape index (κ1) is 30.6. The predicted octanol–water partition coefficient (Wildman–Crippen LogP) is 12.0. The van der Waals surface area contributed by atoms with E-state index < -0.39 is 0 Å². The van der Waals surface area contributed by atoms with Gasteiger partial charge in [-0.15, -0.1) is 0 Å². The molecule has 0 saturated carbocycles. The Balaban J connectivity index is 1.12. The lowest BCUT2D eigenvalue weighted by Gasteiger charge is -2.24. The van der Waals surface area contributed by atoms with Crippen LogP contribution in [0.1, 0.15) is 25.0 Å². The van der Waals surface area contributed by atoms with Crippen molar-refractivity contribution in [3.63, 3.8) is 0 Å². The summed E-state index contributed by atoms with van der Waals surface area (Å²) in [5.74, 6) is 1.98. The number of hydrogen-bond donors (Lipinski definition) is 0. The molecule has 54 heavy (non-hydrogen) atoms. The maximum atomic E-state index is 5.35. The lowest BCUT2D eigenvalue weighted by atomic mass is 9.80. The van der Waals surface area contributed by atoms with Gasteiger partial charge in [0.2, 0.25) is 0 Å². The maximum absolute atomic E-state index is 5.35. The summed E-state index contributed by atoms with van der Waals surface area (Å²) in [5, 5.41) is 7.01. The van der Waals surface area contributed by atoms with Crippen LogP contribution in [0.2, 0.25) is 0 Å². The number of nitrogens with zero attached hydrogens (tertiary/aromatic N) is 5. The molecule has 0 bridgehead atoms. The van der Waals surface area contributed by atoms with Crippen LogP contribution in [0.5, 0.6) is 0 Å². The van der Waals surface area contributed by atoms with Gasteiger partial charge in [-0.1, -0.05) is 135 Å². The number of benzene rings is 7. The van der Waals surface area contributed by atoms with E-state index in [-0.39, 0.29) is 5.41 Å². The first-order valence-electron chi connectivity index (χ1n) is 18.4. The standard InChI is InChI=1S/C49H33N5/c1-49(2)42-29-32(54-43-24-11-10-20-37(43)39-23-13-27-50-48(39)54)25-26-36(42)38-21-12-22-40(44(38)49)46-51-45(30-14-4-3-5-15-30)52-47(53-46)41-28-31-16-6-7-17-33(31)34-18-8-9-19-35(34)41/h3-29H,1-2H3. The molecule has 5 heteroatoms. The van der Waals surface area contributed by atoms with Crippen molar-refractivity contribution in [1.29, 1.82) is 0 Å². The van der Waals surface area contributed by atoms with Crippen molar-refractivity contribution in [3.05, 3.63) is 175 Å². The first-order chi connectivity index (χ1) is 26.5. The second-order valence-electron chi connectivity index (χ2n) is 14.7. The van der Waals surface area contributed by atoms with Crippen LogP contribution >= 0.6 is 0 Å². The molecule has 0 spiro atoms. The van der Waals surface area contributed by atoms with Crippen molar-refractivity contribution < 1.29 is 0 Å². The molecule has 0 aliphatic heterocycles. The molecule has 0 unspecified atom stereocenters. The highest BCUT2D eigenvalue weighted by Crippen LogP contribution is 2.52. The van der Waals surface area contributed by atoms with Crippen molar-refractivity contribution in [2.75, 3.05) is 0 Å². The third-order valence-electron chi connectivity index (χ3n) is 11.3. The van der Waals surface area contributed by atoms with Gasteiger partial charge >= 0.3 is 0 Å². The summed E-state index contributed by atoms with van der Waals surface area (Å²) in [6, 6.07) is 55.7. The van der Waals surface area contributed by atoms with E-state index in [9.17, 15) is 0 Å². The fourth-order valence-corrected chi connectivity index (χ4v) is 8.82. The second kappa shape index (κ2) is 11.5. The summed E-state index contributed by atoms with van der Waals surface area (Å²) in [7, 11) is 0. The van der Waals surface area contributed by atoms with Gasteiger partial charge in [0.1, 0.15) is 5.65 Å². The zero-order valence-electron chi connectivity index (χ0n) is 29.8. The molecule has 0 N–H and O–H groups in total. The Morgan fingerprint density at radius 1 is 0.463 bits per heavy atom. The molecule has 5 nitrogen and oxygen atoms in total. The maximum Gasteiger partial charge on any atom is 0.164 e. The number of pyridine rings is 1. The SMILES string of the molecule is CC1(C)c2cc(-n3c4ccccc4c4cccnc43)ccc2-c2cccc(-c3nc(-c4ccccc4)nc(-c4cc5ccccc5c5ccccc45)n3)c21. The Labute approximate surface area is 312 Å². The largest absolute Gasteiger partial charge is 0.294 e. The van der Waals surface area contributed by atoms with Crippen LogP contribution in [0.25, 0.3) is 94.5 Å². The van der Waals surface area contributed by atoms with Crippen LogP contribution in [0.15, 0.2) is 164 Å². The van der Waals surface area contributed by atoms with E-state index in [1.807, 2.05) is 30.5 Å². The molecule has 0 saturated heterocycles. The van der Waals surface area contributed by atoms with E-state index in [4.69, 9.17) is 19.9 Å². The van der Waals surface area contributed by atoms with Crippen molar-refractivity contribution in [3.8, 4) is 51.0 Å². The summed E-state index contributed by atoms with van der Waals surface area (Å²) < 4.78 is 2.29. The third-order valence-corrected chi connectivity index (χ3v) is 11.3. The monoisotopic (exact) mass is 691 g/mol. The van der Waals surface area contributed by atoms with E-state index >= 15 is 0 Å². The smallest absolute Gasteiger partial charge is 0.164 e. The minimum absolute atomic E-state index is 0.348. The van der Waals surface area contributed by atoms with E-state index in [1.165, 1.54) is 38.4 Å². The van der Waals surface area contributed by atoms with E-state index in [0.29, 0.717) is 17.5 Å². The number of aromatic nitrogens is 5. The molecular formula is C49H33N5. The molecule has 0 radical (unpaired) electrons. The molecule has 1 aliphatic carbocycles. The molecule has 254 valence electrons. The first-order valence-corrected chi connectivity index (χ1v) is 18.4. The lowest BCUT2D eigenvalue weighted by molar-refractivity contribution is 0.660. The Kier molecular flexibility index (Phi) is 6.53. The molecule has 0 fully saturated rings.